The molecule has 0 saturated heterocycles. The number of rotatable bonds is 5. The minimum Gasteiger partial charge on any atom is -0.354 e. The molecule has 5 nitrogen and oxygen atoms in total. The van der Waals surface area contributed by atoms with E-state index in [0.717, 1.165) is 12.8 Å². The number of nitriles is 1. The Bertz CT molecular complexity index is 342. The zero-order valence-electron chi connectivity index (χ0n) is 10.4. The van der Waals surface area contributed by atoms with Crippen LogP contribution in [0.4, 0.5) is 0 Å². The summed E-state index contributed by atoms with van der Waals surface area (Å²) >= 11 is 0. The minimum atomic E-state index is -0.890. The Kier molecular flexibility index (Phi) is 4.50. The van der Waals surface area contributed by atoms with Crippen molar-refractivity contribution in [2.24, 2.45) is 5.41 Å². The molecular formula is C12H19N3O2. The first-order chi connectivity index (χ1) is 8.05. The summed E-state index contributed by atoms with van der Waals surface area (Å²) in [5.74, 6) is -0.516. The molecule has 1 aliphatic carbocycles. The third kappa shape index (κ3) is 2.96. The maximum Gasteiger partial charge on any atom is 0.242 e. The van der Waals surface area contributed by atoms with Gasteiger partial charge in [-0.15, -0.1) is 0 Å². The van der Waals surface area contributed by atoms with E-state index in [2.05, 4.69) is 16.7 Å². The molecule has 1 aliphatic rings. The van der Waals surface area contributed by atoms with E-state index in [1.807, 2.05) is 6.92 Å². The van der Waals surface area contributed by atoms with Gasteiger partial charge in [0.2, 0.25) is 11.8 Å². The van der Waals surface area contributed by atoms with Crippen molar-refractivity contribution >= 4 is 11.8 Å². The molecule has 1 saturated carbocycles. The van der Waals surface area contributed by atoms with Gasteiger partial charge in [0.1, 0.15) is 11.5 Å². The summed E-state index contributed by atoms with van der Waals surface area (Å²) in [7, 11) is 0. The predicted molar refractivity (Wildman–Crippen MR) is 62.8 cm³/mol. The third-order valence-electron chi connectivity index (χ3n) is 3.15. The van der Waals surface area contributed by atoms with Gasteiger partial charge in [-0.25, -0.2) is 0 Å². The number of nitrogens with one attached hydrogen (secondary N) is 2. The molecule has 0 bridgehead atoms. The van der Waals surface area contributed by atoms with E-state index in [0.29, 0.717) is 19.4 Å². The summed E-state index contributed by atoms with van der Waals surface area (Å²) in [5.41, 5.74) is -0.890. The van der Waals surface area contributed by atoms with Crippen LogP contribution in [0.3, 0.4) is 0 Å². The van der Waals surface area contributed by atoms with E-state index in [1.165, 1.54) is 0 Å². The Morgan fingerprint density at radius 3 is 2.53 bits per heavy atom. The molecule has 2 N–H and O–H groups in total. The Labute approximate surface area is 102 Å². The molecule has 0 radical (unpaired) electrons. The Morgan fingerprint density at radius 2 is 2.12 bits per heavy atom. The normalized spacial score (nSPS) is 18.4. The maximum atomic E-state index is 11.9. The zero-order chi connectivity index (χ0) is 12.9. The molecule has 2 amide bonds. The van der Waals surface area contributed by atoms with Crippen molar-refractivity contribution in [3.05, 3.63) is 0 Å². The second-order valence-corrected chi connectivity index (χ2v) is 4.53. The van der Waals surface area contributed by atoms with Gasteiger partial charge in [0.05, 0.1) is 6.07 Å². The number of amides is 2. The van der Waals surface area contributed by atoms with Crippen LogP contribution in [0.5, 0.6) is 0 Å². The van der Waals surface area contributed by atoms with Crippen LogP contribution in [-0.2, 0) is 9.59 Å². The van der Waals surface area contributed by atoms with Crippen molar-refractivity contribution in [3.63, 3.8) is 0 Å². The molecule has 1 fully saturated rings. The van der Waals surface area contributed by atoms with Crippen molar-refractivity contribution in [1.82, 2.24) is 10.6 Å². The van der Waals surface area contributed by atoms with E-state index in [-0.39, 0.29) is 11.8 Å². The first kappa shape index (κ1) is 13.5. The van der Waals surface area contributed by atoms with Crippen LogP contribution in [0.25, 0.3) is 0 Å². The topological polar surface area (TPSA) is 82.0 Å². The molecule has 0 aromatic rings. The van der Waals surface area contributed by atoms with Crippen molar-refractivity contribution < 1.29 is 9.59 Å². The van der Waals surface area contributed by atoms with E-state index in [4.69, 9.17) is 5.26 Å². The maximum absolute atomic E-state index is 11.9. The van der Waals surface area contributed by atoms with Crippen LogP contribution in [0.15, 0.2) is 0 Å². The van der Waals surface area contributed by atoms with E-state index in [1.54, 1.807) is 6.92 Å². The second-order valence-electron chi connectivity index (χ2n) is 4.53. The first-order valence-corrected chi connectivity index (χ1v) is 6.05. The lowest BCUT2D eigenvalue weighted by Gasteiger charge is -2.34. The highest BCUT2D eigenvalue weighted by Gasteiger charge is 2.45. The average Bonchev–Trinajstić information content (AvgIpc) is 2.24. The van der Waals surface area contributed by atoms with Gasteiger partial charge in [-0.3, -0.25) is 9.59 Å². The third-order valence-corrected chi connectivity index (χ3v) is 3.15. The summed E-state index contributed by atoms with van der Waals surface area (Å²) in [6.45, 7) is 4.19. The van der Waals surface area contributed by atoms with Gasteiger partial charge in [0.25, 0.3) is 0 Å². The highest BCUT2D eigenvalue weighted by atomic mass is 16.2. The molecule has 0 aromatic carbocycles. The van der Waals surface area contributed by atoms with E-state index in [9.17, 15) is 9.59 Å². The van der Waals surface area contributed by atoms with Crippen molar-refractivity contribution in [2.45, 2.75) is 45.6 Å². The van der Waals surface area contributed by atoms with Crippen LogP contribution >= 0.6 is 0 Å². The summed E-state index contributed by atoms with van der Waals surface area (Å²) in [4.78, 5) is 23.4. The fourth-order valence-electron chi connectivity index (χ4n) is 1.72. The standard InChI is InChI=1S/C12H19N3O2/c1-3-7-14-10(16)9(2)15-11(17)12(8-13)5-4-6-12/h9H,3-7H2,1-2H3,(H,14,16)(H,15,17). The first-order valence-electron chi connectivity index (χ1n) is 6.05. The van der Waals surface area contributed by atoms with Crippen LogP contribution in [0.1, 0.15) is 39.5 Å². The summed E-state index contributed by atoms with van der Waals surface area (Å²) in [5, 5.41) is 14.3. The molecular weight excluding hydrogens is 218 g/mol. The highest BCUT2D eigenvalue weighted by Crippen LogP contribution is 2.40. The lowest BCUT2D eigenvalue weighted by Crippen LogP contribution is -2.52. The monoisotopic (exact) mass is 237 g/mol. The fraction of sp³-hybridized carbons (Fsp3) is 0.750. The van der Waals surface area contributed by atoms with Crippen molar-refractivity contribution in [1.29, 1.82) is 5.26 Å². The molecule has 1 atom stereocenters. The molecule has 17 heavy (non-hydrogen) atoms. The molecule has 5 heteroatoms. The largest absolute Gasteiger partial charge is 0.354 e. The number of hydrogen-bond acceptors (Lipinski definition) is 3. The number of carbonyl (C=O) groups is 2. The average molecular weight is 237 g/mol. The molecule has 0 heterocycles. The quantitative estimate of drug-likeness (QED) is 0.738. The van der Waals surface area contributed by atoms with Gasteiger partial charge in [0, 0.05) is 6.54 Å². The molecule has 1 unspecified atom stereocenters. The summed E-state index contributed by atoms with van der Waals surface area (Å²) < 4.78 is 0. The molecule has 0 aliphatic heterocycles. The van der Waals surface area contributed by atoms with Crippen LogP contribution in [-0.4, -0.2) is 24.4 Å². The van der Waals surface area contributed by atoms with E-state index < -0.39 is 11.5 Å². The lowest BCUT2D eigenvalue weighted by molar-refractivity contribution is -0.135. The Hall–Kier alpha value is -1.57. The van der Waals surface area contributed by atoms with Crippen molar-refractivity contribution in [3.8, 4) is 6.07 Å². The number of carbonyl (C=O) groups excluding carboxylic acids is 2. The summed E-state index contributed by atoms with van der Waals surface area (Å²) in [6.07, 6.45) is 2.95. The van der Waals surface area contributed by atoms with Gasteiger partial charge in [-0.05, 0) is 32.6 Å². The van der Waals surface area contributed by atoms with Crippen LogP contribution in [0, 0.1) is 16.7 Å². The van der Waals surface area contributed by atoms with Gasteiger partial charge >= 0.3 is 0 Å². The zero-order valence-corrected chi connectivity index (χ0v) is 10.4. The number of nitrogens with zero attached hydrogens (tertiary/aromatic N) is 1. The molecule has 0 aromatic heterocycles. The summed E-state index contributed by atoms with van der Waals surface area (Å²) in [6, 6.07) is 1.47. The van der Waals surface area contributed by atoms with Gasteiger partial charge < -0.3 is 10.6 Å². The SMILES string of the molecule is CCCNC(=O)C(C)NC(=O)C1(C#N)CCC1. The van der Waals surface area contributed by atoms with Gasteiger partial charge in [-0.2, -0.15) is 5.26 Å². The molecule has 1 rings (SSSR count). The lowest BCUT2D eigenvalue weighted by atomic mass is 9.69. The number of hydrogen-bond donors (Lipinski definition) is 2. The highest BCUT2D eigenvalue weighted by molar-refractivity contribution is 5.91. The minimum absolute atomic E-state index is 0.201. The van der Waals surface area contributed by atoms with Gasteiger partial charge in [0.15, 0.2) is 0 Å². The fourth-order valence-corrected chi connectivity index (χ4v) is 1.72. The van der Waals surface area contributed by atoms with Gasteiger partial charge in [-0.1, -0.05) is 6.92 Å². The van der Waals surface area contributed by atoms with Crippen LogP contribution < -0.4 is 10.6 Å². The smallest absolute Gasteiger partial charge is 0.242 e. The second kappa shape index (κ2) is 5.67. The Morgan fingerprint density at radius 1 is 1.47 bits per heavy atom. The van der Waals surface area contributed by atoms with Crippen molar-refractivity contribution in [2.75, 3.05) is 6.54 Å². The van der Waals surface area contributed by atoms with Crippen LogP contribution in [0.2, 0.25) is 0 Å². The predicted octanol–water partition coefficient (Wildman–Crippen LogP) is 0.711. The Balaban J connectivity index is 2.46. The van der Waals surface area contributed by atoms with E-state index >= 15 is 0 Å². The molecule has 0 spiro atoms. The molecule has 94 valence electrons.